The first kappa shape index (κ1) is 24.7. The third-order valence-corrected chi connectivity index (χ3v) is 7.05. The predicted molar refractivity (Wildman–Crippen MR) is 141 cm³/mol. The molecule has 1 aliphatic heterocycles. The number of nitriles is 1. The lowest BCUT2D eigenvalue weighted by atomic mass is 10.2. The first-order valence-corrected chi connectivity index (χ1v) is 12.8. The van der Waals surface area contributed by atoms with E-state index in [1.165, 1.54) is 11.8 Å². The van der Waals surface area contributed by atoms with E-state index in [0.717, 1.165) is 59.6 Å². The van der Waals surface area contributed by atoms with Crippen LogP contribution in [-0.2, 0) is 13.2 Å². The minimum absolute atomic E-state index is 0.353. The molecule has 0 aliphatic carbocycles. The summed E-state index contributed by atoms with van der Waals surface area (Å²) in [6, 6.07) is 21.3. The van der Waals surface area contributed by atoms with Crippen LogP contribution in [0.3, 0.4) is 0 Å². The van der Waals surface area contributed by atoms with Crippen LogP contribution in [0.4, 0.5) is 5.95 Å². The van der Waals surface area contributed by atoms with Crippen LogP contribution >= 0.6 is 11.8 Å². The highest BCUT2D eigenvalue weighted by Crippen LogP contribution is 2.35. The third kappa shape index (κ3) is 6.42. The molecule has 1 fully saturated rings. The van der Waals surface area contributed by atoms with Crippen LogP contribution in [0.15, 0.2) is 87.3 Å². The largest absolute Gasteiger partial charge is 0.497 e. The summed E-state index contributed by atoms with van der Waals surface area (Å²) in [6.07, 6.45) is 3.53. The molecule has 9 heteroatoms. The SMILES string of the molecule is COc1cccc(COc2nc(N3CCN(Cc4ccco4)CC3)ncc2Sc2ccc(C#N)cc2)c1. The number of benzene rings is 2. The van der Waals surface area contributed by atoms with Crippen LogP contribution in [-0.4, -0.2) is 48.2 Å². The van der Waals surface area contributed by atoms with Gasteiger partial charge >= 0.3 is 0 Å². The zero-order chi connectivity index (χ0) is 25.5. The molecule has 37 heavy (non-hydrogen) atoms. The van der Waals surface area contributed by atoms with Crippen LogP contribution in [0.25, 0.3) is 0 Å². The molecule has 0 saturated carbocycles. The molecular formula is C28H27N5O3S. The van der Waals surface area contributed by atoms with Gasteiger partial charge in [0.15, 0.2) is 0 Å². The van der Waals surface area contributed by atoms with E-state index in [-0.39, 0.29) is 0 Å². The van der Waals surface area contributed by atoms with Gasteiger partial charge in [0, 0.05) is 31.1 Å². The molecule has 8 nitrogen and oxygen atoms in total. The summed E-state index contributed by atoms with van der Waals surface area (Å²) in [5.74, 6) is 2.94. The molecule has 0 spiro atoms. The van der Waals surface area contributed by atoms with Crippen LogP contribution < -0.4 is 14.4 Å². The molecule has 0 unspecified atom stereocenters. The molecule has 1 saturated heterocycles. The van der Waals surface area contributed by atoms with Crippen molar-refractivity contribution in [2.24, 2.45) is 0 Å². The first-order chi connectivity index (χ1) is 18.2. The highest BCUT2D eigenvalue weighted by Gasteiger charge is 2.21. The first-order valence-electron chi connectivity index (χ1n) is 12.0. The van der Waals surface area contributed by atoms with Crippen molar-refractivity contribution in [2.45, 2.75) is 22.9 Å². The normalized spacial score (nSPS) is 13.8. The molecule has 0 radical (unpaired) electrons. The predicted octanol–water partition coefficient (Wildman–Crippen LogP) is 5.00. The molecule has 4 aromatic rings. The summed E-state index contributed by atoms with van der Waals surface area (Å²) in [5.41, 5.74) is 1.61. The van der Waals surface area contributed by atoms with Gasteiger partial charge in [-0.2, -0.15) is 10.2 Å². The average molecular weight is 514 g/mol. The Morgan fingerprint density at radius 1 is 1.05 bits per heavy atom. The van der Waals surface area contributed by atoms with Crippen molar-refractivity contribution in [1.29, 1.82) is 5.26 Å². The molecule has 0 amide bonds. The number of rotatable bonds is 9. The van der Waals surface area contributed by atoms with Crippen LogP contribution in [0, 0.1) is 11.3 Å². The van der Waals surface area contributed by atoms with Gasteiger partial charge in [-0.25, -0.2) is 4.98 Å². The number of methoxy groups -OCH3 is 1. The zero-order valence-electron chi connectivity index (χ0n) is 20.5. The van der Waals surface area contributed by atoms with Gasteiger partial charge in [-0.05, 0) is 54.1 Å². The standard InChI is InChI=1S/C28H27N5O3S/c1-34-23-5-2-4-22(16-23)20-36-27-26(37-25-9-7-21(17-29)8-10-25)18-30-28(31-27)33-13-11-32(12-14-33)19-24-6-3-15-35-24/h2-10,15-16,18H,11-14,19-20H2,1H3. The van der Waals surface area contributed by atoms with E-state index >= 15 is 0 Å². The van der Waals surface area contributed by atoms with E-state index in [9.17, 15) is 0 Å². The number of ether oxygens (including phenoxy) is 2. The van der Waals surface area contributed by atoms with Gasteiger partial charge in [-0.1, -0.05) is 23.9 Å². The quantitative estimate of drug-likeness (QED) is 0.307. The average Bonchev–Trinajstić information content (AvgIpc) is 3.46. The monoisotopic (exact) mass is 513 g/mol. The Balaban J connectivity index is 1.32. The fourth-order valence-electron chi connectivity index (χ4n) is 4.04. The minimum atomic E-state index is 0.353. The van der Waals surface area contributed by atoms with E-state index in [1.807, 2.05) is 54.7 Å². The van der Waals surface area contributed by atoms with Crippen molar-refractivity contribution in [3.05, 3.63) is 90.0 Å². The Hall–Kier alpha value is -4.00. The van der Waals surface area contributed by atoms with Crippen molar-refractivity contribution in [3.8, 4) is 17.7 Å². The second-order valence-electron chi connectivity index (χ2n) is 8.56. The summed E-state index contributed by atoms with van der Waals surface area (Å²) >= 11 is 1.51. The maximum absolute atomic E-state index is 9.09. The fourth-order valence-corrected chi connectivity index (χ4v) is 4.86. The molecule has 2 aromatic heterocycles. The van der Waals surface area contributed by atoms with E-state index in [4.69, 9.17) is 24.1 Å². The van der Waals surface area contributed by atoms with Crippen molar-refractivity contribution < 1.29 is 13.9 Å². The second-order valence-corrected chi connectivity index (χ2v) is 9.68. The van der Waals surface area contributed by atoms with Gasteiger partial charge in [0.05, 0.1) is 42.6 Å². The number of nitrogens with zero attached hydrogens (tertiary/aromatic N) is 5. The number of anilines is 1. The number of hydrogen-bond acceptors (Lipinski definition) is 9. The topological polar surface area (TPSA) is 87.7 Å². The van der Waals surface area contributed by atoms with Crippen molar-refractivity contribution in [2.75, 3.05) is 38.2 Å². The van der Waals surface area contributed by atoms with E-state index in [1.54, 1.807) is 25.5 Å². The van der Waals surface area contributed by atoms with E-state index in [2.05, 4.69) is 20.9 Å². The van der Waals surface area contributed by atoms with Gasteiger partial charge < -0.3 is 18.8 Å². The third-order valence-electron chi connectivity index (χ3n) is 6.05. The Morgan fingerprint density at radius 2 is 1.89 bits per heavy atom. The van der Waals surface area contributed by atoms with Crippen LogP contribution in [0.2, 0.25) is 0 Å². The Kier molecular flexibility index (Phi) is 7.89. The fraction of sp³-hybridized carbons (Fsp3) is 0.250. The Labute approximate surface area is 220 Å². The van der Waals surface area contributed by atoms with Gasteiger partial charge in [0.1, 0.15) is 18.1 Å². The lowest BCUT2D eigenvalue weighted by Crippen LogP contribution is -2.46. The zero-order valence-corrected chi connectivity index (χ0v) is 21.4. The molecular weight excluding hydrogens is 486 g/mol. The molecule has 0 N–H and O–H groups in total. The summed E-state index contributed by atoms with van der Waals surface area (Å²) < 4.78 is 17.1. The lowest BCUT2D eigenvalue weighted by molar-refractivity contribution is 0.229. The van der Waals surface area contributed by atoms with E-state index < -0.39 is 0 Å². The summed E-state index contributed by atoms with van der Waals surface area (Å²) in [5, 5.41) is 9.09. The Bertz CT molecular complexity index is 1350. The van der Waals surface area contributed by atoms with Crippen LogP contribution in [0.1, 0.15) is 16.9 Å². The number of piperazine rings is 1. The molecule has 2 aromatic carbocycles. The van der Waals surface area contributed by atoms with Gasteiger partial charge in [-0.15, -0.1) is 0 Å². The smallest absolute Gasteiger partial charge is 0.232 e. The summed E-state index contributed by atoms with van der Waals surface area (Å²) in [4.78, 5) is 15.9. The number of furan rings is 1. The van der Waals surface area contributed by atoms with Gasteiger partial charge in [0.2, 0.25) is 11.8 Å². The molecule has 188 valence electrons. The summed E-state index contributed by atoms with van der Waals surface area (Å²) in [6.45, 7) is 4.58. The van der Waals surface area contributed by atoms with Crippen molar-refractivity contribution in [1.82, 2.24) is 14.9 Å². The van der Waals surface area contributed by atoms with Crippen molar-refractivity contribution in [3.63, 3.8) is 0 Å². The molecule has 5 rings (SSSR count). The van der Waals surface area contributed by atoms with Gasteiger partial charge in [-0.3, -0.25) is 4.90 Å². The number of aromatic nitrogens is 2. The molecule has 1 aliphatic rings. The van der Waals surface area contributed by atoms with Crippen molar-refractivity contribution >= 4 is 17.7 Å². The minimum Gasteiger partial charge on any atom is -0.497 e. The highest BCUT2D eigenvalue weighted by atomic mass is 32.2. The molecule has 0 atom stereocenters. The Morgan fingerprint density at radius 3 is 2.62 bits per heavy atom. The maximum Gasteiger partial charge on any atom is 0.232 e. The highest BCUT2D eigenvalue weighted by molar-refractivity contribution is 7.99. The lowest BCUT2D eigenvalue weighted by Gasteiger charge is -2.34. The number of hydrogen-bond donors (Lipinski definition) is 0. The van der Waals surface area contributed by atoms with Gasteiger partial charge in [0.25, 0.3) is 0 Å². The molecule has 0 bridgehead atoms. The summed E-state index contributed by atoms with van der Waals surface area (Å²) in [7, 11) is 1.65. The second kappa shape index (κ2) is 11.8. The maximum atomic E-state index is 9.09. The van der Waals surface area contributed by atoms with E-state index in [0.29, 0.717) is 24.0 Å². The molecule has 3 heterocycles. The van der Waals surface area contributed by atoms with Crippen LogP contribution in [0.5, 0.6) is 11.6 Å².